The van der Waals surface area contributed by atoms with Gasteiger partial charge in [0.15, 0.2) is 0 Å². The highest BCUT2D eigenvalue weighted by Gasteiger charge is 2.06. The maximum atomic E-state index is 11.7. The molecule has 0 bridgehead atoms. The Morgan fingerprint density at radius 1 is 1.12 bits per heavy atom. The first kappa shape index (κ1) is 12.8. The molecule has 1 rings (SSSR count). The van der Waals surface area contributed by atoms with Crippen LogP contribution in [-0.4, -0.2) is 18.4 Å². The highest BCUT2D eigenvalue weighted by atomic mass is 16.2. The normalized spacial score (nSPS) is 9.88. The van der Waals surface area contributed by atoms with E-state index in [1.165, 1.54) is 0 Å². The summed E-state index contributed by atoms with van der Waals surface area (Å²) in [4.78, 5) is 22.1. The highest BCUT2D eigenvalue weighted by molar-refractivity contribution is 5.96. The number of nitrogens with two attached hydrogens (primary N) is 3. The van der Waals surface area contributed by atoms with Gasteiger partial charge < -0.3 is 22.5 Å². The molecule has 0 unspecified atom stereocenters. The van der Waals surface area contributed by atoms with E-state index in [4.69, 9.17) is 17.2 Å². The Morgan fingerprint density at radius 2 is 1.71 bits per heavy atom. The van der Waals surface area contributed by atoms with Crippen LogP contribution >= 0.6 is 0 Å². The Labute approximate surface area is 99.1 Å². The number of hydrogen-bond acceptors (Lipinski definition) is 4. The van der Waals surface area contributed by atoms with E-state index >= 15 is 0 Å². The molecule has 6 nitrogen and oxygen atoms in total. The minimum atomic E-state index is -0.382. The van der Waals surface area contributed by atoms with E-state index in [9.17, 15) is 9.59 Å². The maximum absolute atomic E-state index is 11.7. The van der Waals surface area contributed by atoms with Gasteiger partial charge in [-0.1, -0.05) is 0 Å². The molecule has 7 N–H and O–H groups in total. The molecular formula is C11H16N4O2. The van der Waals surface area contributed by atoms with E-state index in [-0.39, 0.29) is 18.2 Å². The van der Waals surface area contributed by atoms with Crippen LogP contribution in [0.4, 0.5) is 11.4 Å². The molecule has 0 spiro atoms. The van der Waals surface area contributed by atoms with Gasteiger partial charge in [-0.3, -0.25) is 9.59 Å². The van der Waals surface area contributed by atoms with Crippen molar-refractivity contribution in [2.75, 3.05) is 18.0 Å². The van der Waals surface area contributed by atoms with Crippen LogP contribution < -0.4 is 22.5 Å². The van der Waals surface area contributed by atoms with Crippen LogP contribution in [0.2, 0.25) is 0 Å². The number of carbonyl (C=O) groups excluding carboxylic acids is 2. The van der Waals surface area contributed by atoms with Gasteiger partial charge in [0.05, 0.1) is 0 Å². The molecule has 0 radical (unpaired) electrons. The second kappa shape index (κ2) is 5.74. The lowest BCUT2D eigenvalue weighted by atomic mass is 10.1. The van der Waals surface area contributed by atoms with Crippen LogP contribution in [0, 0.1) is 0 Å². The zero-order chi connectivity index (χ0) is 12.8. The zero-order valence-corrected chi connectivity index (χ0v) is 9.40. The summed E-state index contributed by atoms with van der Waals surface area (Å²) in [6, 6.07) is 4.66. The summed E-state index contributed by atoms with van der Waals surface area (Å²) in [5.41, 5.74) is 17.4. The molecule has 0 aliphatic rings. The second-order valence-electron chi connectivity index (χ2n) is 3.71. The smallest absolute Gasteiger partial charge is 0.251 e. The lowest BCUT2D eigenvalue weighted by molar-refractivity contribution is -0.118. The minimum absolute atomic E-state index is 0.249. The number of hydrogen-bond donors (Lipinski definition) is 4. The van der Waals surface area contributed by atoms with Crippen molar-refractivity contribution in [3.63, 3.8) is 0 Å². The quantitative estimate of drug-likeness (QED) is 0.419. The van der Waals surface area contributed by atoms with Gasteiger partial charge in [0.1, 0.15) is 0 Å². The van der Waals surface area contributed by atoms with Gasteiger partial charge in [-0.05, 0) is 24.6 Å². The predicted molar refractivity (Wildman–Crippen MR) is 66.0 cm³/mol. The summed E-state index contributed by atoms with van der Waals surface area (Å²) in [6.45, 7) is 0.385. The van der Waals surface area contributed by atoms with Crippen molar-refractivity contribution in [2.45, 2.75) is 12.8 Å². The monoisotopic (exact) mass is 236 g/mol. The van der Waals surface area contributed by atoms with E-state index in [0.717, 1.165) is 0 Å². The molecule has 0 fully saturated rings. The Hall–Kier alpha value is -2.24. The van der Waals surface area contributed by atoms with Crippen LogP contribution in [0.25, 0.3) is 0 Å². The number of amides is 2. The largest absolute Gasteiger partial charge is 0.399 e. The maximum Gasteiger partial charge on any atom is 0.251 e. The van der Waals surface area contributed by atoms with E-state index in [2.05, 4.69) is 5.32 Å². The summed E-state index contributed by atoms with van der Waals surface area (Å²) < 4.78 is 0. The molecule has 0 aliphatic heterocycles. The summed E-state index contributed by atoms with van der Waals surface area (Å²) in [7, 11) is 0. The fraction of sp³-hybridized carbons (Fsp3) is 0.273. The predicted octanol–water partition coefficient (Wildman–Crippen LogP) is -0.154. The van der Waals surface area contributed by atoms with E-state index < -0.39 is 0 Å². The number of benzene rings is 1. The molecular weight excluding hydrogens is 220 g/mol. The number of anilines is 2. The lowest BCUT2D eigenvalue weighted by Gasteiger charge is -2.06. The fourth-order valence-corrected chi connectivity index (χ4v) is 1.37. The molecule has 0 heterocycles. The summed E-state index contributed by atoms with van der Waals surface area (Å²) >= 11 is 0. The van der Waals surface area contributed by atoms with Crippen molar-refractivity contribution in [2.24, 2.45) is 5.73 Å². The fourth-order valence-electron chi connectivity index (χ4n) is 1.37. The third-order valence-corrected chi connectivity index (χ3v) is 2.13. The van der Waals surface area contributed by atoms with Crippen LogP contribution in [0.3, 0.4) is 0 Å². The second-order valence-corrected chi connectivity index (χ2v) is 3.71. The average Bonchev–Trinajstić information content (AvgIpc) is 2.22. The highest BCUT2D eigenvalue weighted by Crippen LogP contribution is 2.13. The van der Waals surface area contributed by atoms with Crippen LogP contribution in [0.1, 0.15) is 23.2 Å². The molecule has 6 heteroatoms. The third kappa shape index (κ3) is 4.42. The number of primary amides is 1. The first-order valence-electron chi connectivity index (χ1n) is 5.21. The third-order valence-electron chi connectivity index (χ3n) is 2.13. The summed E-state index contributed by atoms with van der Waals surface area (Å²) in [5.74, 6) is -0.652. The van der Waals surface area contributed by atoms with E-state index in [0.29, 0.717) is 29.9 Å². The molecule has 0 aromatic heterocycles. The van der Waals surface area contributed by atoms with Crippen molar-refractivity contribution in [3.8, 4) is 0 Å². The SMILES string of the molecule is NC(=O)CCCNC(=O)c1cc(N)cc(N)c1. The van der Waals surface area contributed by atoms with Gasteiger partial charge in [-0.15, -0.1) is 0 Å². The van der Waals surface area contributed by atoms with E-state index in [1.54, 1.807) is 18.2 Å². The Bertz CT molecular complexity index is 411. The first-order valence-corrected chi connectivity index (χ1v) is 5.21. The van der Waals surface area contributed by atoms with Crippen molar-refractivity contribution < 1.29 is 9.59 Å². The number of nitrogen functional groups attached to an aromatic ring is 2. The van der Waals surface area contributed by atoms with Gasteiger partial charge in [0.2, 0.25) is 5.91 Å². The van der Waals surface area contributed by atoms with Gasteiger partial charge in [0, 0.05) is 29.9 Å². The molecule has 92 valence electrons. The topological polar surface area (TPSA) is 124 Å². The first-order chi connectivity index (χ1) is 7.99. The molecule has 2 amide bonds. The molecule has 0 saturated heterocycles. The molecule has 1 aromatic rings. The lowest BCUT2D eigenvalue weighted by Crippen LogP contribution is -2.25. The molecule has 0 aliphatic carbocycles. The van der Waals surface area contributed by atoms with Crippen molar-refractivity contribution >= 4 is 23.2 Å². The zero-order valence-electron chi connectivity index (χ0n) is 9.40. The standard InChI is InChI=1S/C11H16N4O2/c12-8-4-7(5-9(13)6-8)11(17)15-3-1-2-10(14)16/h4-6H,1-3,12-13H2,(H2,14,16)(H,15,17). The van der Waals surface area contributed by atoms with Crippen LogP contribution in [0.15, 0.2) is 18.2 Å². The number of rotatable bonds is 5. The number of nitrogens with one attached hydrogen (secondary N) is 1. The van der Waals surface area contributed by atoms with Gasteiger partial charge in [-0.2, -0.15) is 0 Å². The van der Waals surface area contributed by atoms with Crippen molar-refractivity contribution in [1.29, 1.82) is 0 Å². The molecule has 1 aromatic carbocycles. The minimum Gasteiger partial charge on any atom is -0.399 e. The van der Waals surface area contributed by atoms with Gasteiger partial charge in [-0.25, -0.2) is 0 Å². The van der Waals surface area contributed by atoms with Crippen LogP contribution in [0.5, 0.6) is 0 Å². The molecule has 0 saturated carbocycles. The average molecular weight is 236 g/mol. The molecule has 17 heavy (non-hydrogen) atoms. The molecule has 0 atom stereocenters. The van der Waals surface area contributed by atoms with Gasteiger partial charge >= 0.3 is 0 Å². The number of carbonyl (C=O) groups is 2. The Kier molecular flexibility index (Phi) is 4.33. The summed E-state index contributed by atoms with van der Waals surface area (Å²) in [6.07, 6.45) is 0.762. The Balaban J connectivity index is 2.49. The van der Waals surface area contributed by atoms with Gasteiger partial charge in [0.25, 0.3) is 5.91 Å². The van der Waals surface area contributed by atoms with Crippen molar-refractivity contribution in [1.82, 2.24) is 5.32 Å². The Morgan fingerprint density at radius 3 is 2.24 bits per heavy atom. The van der Waals surface area contributed by atoms with E-state index in [1.807, 2.05) is 0 Å². The van der Waals surface area contributed by atoms with Crippen LogP contribution in [-0.2, 0) is 4.79 Å². The summed E-state index contributed by atoms with van der Waals surface area (Å²) in [5, 5.41) is 2.65. The van der Waals surface area contributed by atoms with Crippen molar-refractivity contribution in [3.05, 3.63) is 23.8 Å².